The Morgan fingerprint density at radius 2 is 1.96 bits per heavy atom. The summed E-state index contributed by atoms with van der Waals surface area (Å²) in [6, 6.07) is 14.5. The number of methoxy groups -OCH3 is 1. The molecule has 0 unspecified atom stereocenters. The van der Waals surface area contributed by atoms with Crippen molar-refractivity contribution in [3.8, 4) is 5.75 Å². The molecule has 0 saturated heterocycles. The van der Waals surface area contributed by atoms with Crippen LogP contribution in [-0.4, -0.2) is 28.8 Å². The van der Waals surface area contributed by atoms with Crippen LogP contribution in [0.15, 0.2) is 60.9 Å². The van der Waals surface area contributed by atoms with Crippen LogP contribution in [0.3, 0.4) is 0 Å². The average molecular weight is 345 g/mol. The number of rotatable bonds is 4. The Morgan fingerprint density at radius 3 is 2.81 bits per heavy atom. The van der Waals surface area contributed by atoms with Crippen molar-refractivity contribution in [2.75, 3.05) is 12.4 Å². The van der Waals surface area contributed by atoms with Crippen molar-refractivity contribution in [1.29, 1.82) is 0 Å². The number of benzene rings is 2. The highest BCUT2D eigenvalue weighted by Crippen LogP contribution is 2.25. The highest BCUT2D eigenvalue weighted by atomic mass is 16.5. The van der Waals surface area contributed by atoms with Gasteiger partial charge in [0, 0.05) is 28.7 Å². The first-order chi connectivity index (χ1) is 12.7. The van der Waals surface area contributed by atoms with E-state index >= 15 is 0 Å². The van der Waals surface area contributed by atoms with E-state index in [2.05, 4.69) is 15.3 Å². The van der Waals surface area contributed by atoms with Crippen LogP contribution in [0.1, 0.15) is 10.4 Å². The minimum atomic E-state index is -0.716. The molecule has 0 aliphatic rings. The number of anilines is 1. The number of nitrogens with one attached hydrogen (secondary N) is 2. The molecule has 2 N–H and O–H groups in total. The molecule has 6 nitrogen and oxygen atoms in total. The summed E-state index contributed by atoms with van der Waals surface area (Å²) in [5, 5.41) is 4.19. The highest BCUT2D eigenvalue weighted by Gasteiger charge is 2.21. The molecule has 128 valence electrons. The van der Waals surface area contributed by atoms with Crippen molar-refractivity contribution in [3.05, 3.63) is 66.5 Å². The number of carbonyl (C=O) groups is 2. The Morgan fingerprint density at radius 1 is 1.12 bits per heavy atom. The molecule has 0 spiro atoms. The molecule has 0 saturated carbocycles. The fraction of sp³-hybridized carbons (Fsp3) is 0.0500. The molecule has 1 amide bonds. The molecule has 2 heterocycles. The standard InChI is InChI=1S/C20H15N3O3/c1-26-13-7-8-16-14(10-13)15(11-22-16)19(24)20(25)23-17-6-2-4-12-5-3-9-21-18(12)17/h2-11,22H,1H3,(H,23,25). The van der Waals surface area contributed by atoms with Gasteiger partial charge in [-0.25, -0.2) is 0 Å². The van der Waals surface area contributed by atoms with E-state index in [1.165, 1.54) is 6.20 Å². The lowest BCUT2D eigenvalue weighted by molar-refractivity contribution is -0.112. The summed E-state index contributed by atoms with van der Waals surface area (Å²) >= 11 is 0. The van der Waals surface area contributed by atoms with Crippen LogP contribution in [0.25, 0.3) is 21.8 Å². The first kappa shape index (κ1) is 15.8. The van der Waals surface area contributed by atoms with Crippen LogP contribution in [0.2, 0.25) is 0 Å². The normalized spacial score (nSPS) is 10.8. The fourth-order valence-electron chi connectivity index (χ4n) is 2.92. The summed E-state index contributed by atoms with van der Waals surface area (Å²) in [4.78, 5) is 32.5. The molecule has 26 heavy (non-hydrogen) atoms. The largest absolute Gasteiger partial charge is 0.497 e. The molecule has 4 rings (SSSR count). The second-order valence-corrected chi connectivity index (χ2v) is 5.78. The van der Waals surface area contributed by atoms with Gasteiger partial charge in [0.05, 0.1) is 23.9 Å². The smallest absolute Gasteiger partial charge is 0.296 e. The van der Waals surface area contributed by atoms with Gasteiger partial charge in [-0.15, -0.1) is 0 Å². The summed E-state index contributed by atoms with van der Waals surface area (Å²) < 4.78 is 5.20. The van der Waals surface area contributed by atoms with Gasteiger partial charge in [0.2, 0.25) is 0 Å². The third kappa shape index (κ3) is 2.67. The lowest BCUT2D eigenvalue weighted by atomic mass is 10.1. The molecular formula is C20H15N3O3. The lowest BCUT2D eigenvalue weighted by Gasteiger charge is -2.07. The number of fused-ring (bicyclic) bond motifs is 2. The Hall–Kier alpha value is -3.67. The zero-order chi connectivity index (χ0) is 18.1. The number of ether oxygens (including phenoxy) is 1. The number of aromatic nitrogens is 2. The first-order valence-electron chi connectivity index (χ1n) is 8.02. The molecule has 0 radical (unpaired) electrons. The number of amides is 1. The van der Waals surface area contributed by atoms with Crippen molar-refractivity contribution in [1.82, 2.24) is 9.97 Å². The van der Waals surface area contributed by atoms with Gasteiger partial charge in [0.1, 0.15) is 5.75 Å². The Bertz CT molecular complexity index is 1140. The Balaban J connectivity index is 1.67. The van der Waals surface area contributed by atoms with Crippen LogP contribution in [0, 0.1) is 0 Å². The van der Waals surface area contributed by atoms with Crippen molar-refractivity contribution >= 4 is 39.2 Å². The van der Waals surface area contributed by atoms with Crippen molar-refractivity contribution in [2.45, 2.75) is 0 Å². The number of aromatic amines is 1. The molecule has 2 aromatic carbocycles. The maximum Gasteiger partial charge on any atom is 0.296 e. The maximum atomic E-state index is 12.7. The third-order valence-corrected chi connectivity index (χ3v) is 4.22. The number of Topliss-reactive ketones (excluding diaryl/α,β-unsaturated/α-hetero) is 1. The molecule has 6 heteroatoms. The maximum absolute atomic E-state index is 12.7. The van der Waals surface area contributed by atoms with Gasteiger partial charge in [-0.1, -0.05) is 18.2 Å². The first-order valence-corrected chi connectivity index (χ1v) is 8.02. The predicted octanol–water partition coefficient (Wildman–Crippen LogP) is 3.55. The zero-order valence-corrected chi connectivity index (χ0v) is 13.9. The Kier molecular flexibility index (Phi) is 3.85. The van der Waals surface area contributed by atoms with Gasteiger partial charge in [-0.05, 0) is 30.3 Å². The third-order valence-electron chi connectivity index (χ3n) is 4.22. The summed E-state index contributed by atoms with van der Waals surface area (Å²) in [5.74, 6) is -0.728. The van der Waals surface area contributed by atoms with Gasteiger partial charge in [0.25, 0.3) is 11.7 Å². The van der Waals surface area contributed by atoms with Gasteiger partial charge in [-0.3, -0.25) is 14.6 Å². The number of ketones is 1. The molecule has 0 aliphatic heterocycles. The van der Waals surface area contributed by atoms with E-state index in [4.69, 9.17) is 4.74 Å². The number of hydrogen-bond donors (Lipinski definition) is 2. The predicted molar refractivity (Wildman–Crippen MR) is 99.6 cm³/mol. The highest BCUT2D eigenvalue weighted by molar-refractivity contribution is 6.48. The lowest BCUT2D eigenvalue weighted by Crippen LogP contribution is -2.22. The van der Waals surface area contributed by atoms with Crippen molar-refractivity contribution < 1.29 is 14.3 Å². The van der Waals surface area contributed by atoms with E-state index < -0.39 is 11.7 Å². The van der Waals surface area contributed by atoms with Gasteiger partial charge >= 0.3 is 0 Å². The topological polar surface area (TPSA) is 84.1 Å². The average Bonchev–Trinajstić information content (AvgIpc) is 3.10. The van der Waals surface area contributed by atoms with Crippen LogP contribution in [0.5, 0.6) is 5.75 Å². The summed E-state index contributed by atoms with van der Waals surface area (Å²) in [7, 11) is 1.55. The van der Waals surface area contributed by atoms with Crippen LogP contribution >= 0.6 is 0 Å². The molecule has 0 fully saturated rings. The number of pyridine rings is 1. The number of carbonyl (C=O) groups excluding carboxylic acids is 2. The Labute approximate surface area is 148 Å². The summed E-state index contributed by atoms with van der Waals surface area (Å²) in [6.07, 6.45) is 3.18. The summed E-state index contributed by atoms with van der Waals surface area (Å²) in [6.45, 7) is 0. The number of H-pyrrole nitrogens is 1. The van der Waals surface area contributed by atoms with E-state index in [1.54, 1.807) is 43.6 Å². The zero-order valence-electron chi connectivity index (χ0n) is 13.9. The van der Waals surface area contributed by atoms with Gasteiger partial charge in [-0.2, -0.15) is 0 Å². The molecule has 0 atom stereocenters. The van der Waals surface area contributed by atoms with E-state index in [0.717, 1.165) is 10.9 Å². The molecule has 4 aromatic rings. The molecular weight excluding hydrogens is 330 g/mol. The number of nitrogens with zero attached hydrogens (tertiary/aromatic N) is 1. The van der Waals surface area contributed by atoms with Crippen molar-refractivity contribution in [2.24, 2.45) is 0 Å². The molecule has 2 aromatic heterocycles. The molecule has 0 aliphatic carbocycles. The number of para-hydroxylation sites is 1. The fourth-order valence-corrected chi connectivity index (χ4v) is 2.92. The second kappa shape index (κ2) is 6.33. The van der Waals surface area contributed by atoms with Crippen LogP contribution in [0.4, 0.5) is 5.69 Å². The molecule has 0 bridgehead atoms. The minimum absolute atomic E-state index is 0.296. The van der Waals surface area contributed by atoms with Gasteiger partial charge < -0.3 is 15.0 Å². The van der Waals surface area contributed by atoms with Gasteiger partial charge in [0.15, 0.2) is 0 Å². The number of hydrogen-bond acceptors (Lipinski definition) is 4. The van der Waals surface area contributed by atoms with E-state index in [9.17, 15) is 9.59 Å². The van der Waals surface area contributed by atoms with Crippen molar-refractivity contribution in [3.63, 3.8) is 0 Å². The van der Waals surface area contributed by atoms with Crippen LogP contribution in [-0.2, 0) is 4.79 Å². The summed E-state index contributed by atoms with van der Waals surface area (Å²) in [5.41, 5.74) is 2.19. The quantitative estimate of drug-likeness (QED) is 0.438. The van der Waals surface area contributed by atoms with E-state index in [-0.39, 0.29) is 0 Å². The SMILES string of the molecule is COc1ccc2[nH]cc(C(=O)C(=O)Nc3cccc4cccnc34)c2c1. The monoisotopic (exact) mass is 345 g/mol. The minimum Gasteiger partial charge on any atom is -0.497 e. The van der Waals surface area contributed by atoms with E-state index in [0.29, 0.717) is 27.9 Å². The van der Waals surface area contributed by atoms with Crippen LogP contribution < -0.4 is 10.1 Å². The van der Waals surface area contributed by atoms with E-state index in [1.807, 2.05) is 18.2 Å². The second-order valence-electron chi connectivity index (χ2n) is 5.78.